The molecule has 3 nitrogen and oxygen atoms in total. The molecule has 0 aliphatic carbocycles. The highest BCUT2D eigenvalue weighted by atomic mass is 16.5. The van der Waals surface area contributed by atoms with Crippen molar-refractivity contribution in [1.29, 1.82) is 0 Å². The van der Waals surface area contributed by atoms with E-state index in [1.54, 1.807) is 0 Å². The van der Waals surface area contributed by atoms with E-state index < -0.39 is 0 Å². The minimum absolute atomic E-state index is 0.875. The normalized spacial score (nSPS) is 14.4. The minimum Gasteiger partial charge on any atom is -0.443 e. The first-order chi connectivity index (χ1) is 8.34. The topological polar surface area (TPSA) is 15.2 Å². The Bertz CT molecular complexity index is 725. The Balaban J connectivity index is 2.13. The van der Waals surface area contributed by atoms with Gasteiger partial charge in [0.05, 0.1) is 0 Å². The van der Waals surface area contributed by atoms with E-state index in [2.05, 4.69) is 16.7 Å². The summed E-state index contributed by atoms with van der Waals surface area (Å²) in [5.41, 5.74) is 3.24. The summed E-state index contributed by atoms with van der Waals surface area (Å²) in [7, 11) is 2.00. The highest BCUT2D eigenvalue weighted by Crippen LogP contribution is 2.48. The SMILES string of the molecule is C[N+]1=C=[N+]2c3ccccc3Oc3cccc1c32. The van der Waals surface area contributed by atoms with Crippen LogP contribution in [-0.4, -0.2) is 17.6 Å². The maximum Gasteiger partial charge on any atom is 0.496 e. The van der Waals surface area contributed by atoms with Crippen molar-refractivity contribution < 1.29 is 9.31 Å². The maximum atomic E-state index is 5.91. The van der Waals surface area contributed by atoms with Crippen LogP contribution in [0.4, 0.5) is 17.1 Å². The van der Waals surface area contributed by atoms with E-state index >= 15 is 0 Å². The molecule has 4 rings (SSSR count). The predicted octanol–water partition coefficient (Wildman–Crippen LogP) is 3.09. The van der Waals surface area contributed by atoms with E-state index in [0.29, 0.717) is 0 Å². The molecular weight excluding hydrogens is 212 g/mol. The number of benzene rings is 2. The zero-order chi connectivity index (χ0) is 11.4. The summed E-state index contributed by atoms with van der Waals surface area (Å²) in [5, 5.41) is 0. The molecular formula is C14H10N2O+2. The summed E-state index contributed by atoms with van der Waals surface area (Å²) in [6.07, 6.45) is 0. The average molecular weight is 222 g/mol. The van der Waals surface area contributed by atoms with Crippen LogP contribution < -0.4 is 9.31 Å². The van der Waals surface area contributed by atoms with Gasteiger partial charge in [-0.05, 0) is 16.7 Å². The largest absolute Gasteiger partial charge is 0.496 e. The Labute approximate surface area is 98.5 Å². The third kappa shape index (κ3) is 1.01. The third-order valence-electron chi connectivity index (χ3n) is 3.14. The van der Waals surface area contributed by atoms with E-state index in [-0.39, 0.29) is 0 Å². The molecule has 2 aromatic rings. The van der Waals surface area contributed by atoms with Gasteiger partial charge in [0.1, 0.15) is 0 Å². The van der Waals surface area contributed by atoms with Crippen molar-refractivity contribution in [2.75, 3.05) is 7.05 Å². The summed E-state index contributed by atoms with van der Waals surface area (Å²) < 4.78 is 9.96. The van der Waals surface area contributed by atoms with Gasteiger partial charge in [0.25, 0.3) is 11.4 Å². The number of fused-ring (bicyclic) bond motifs is 2. The lowest BCUT2D eigenvalue weighted by Gasteiger charge is -2.12. The standard InChI is InChI=1S/C14H10N2O/c1-15-9-16-10-5-2-3-7-12(10)17-13-8-4-6-11(15)14(13)16/h2-8H,1H3/q+2. The minimum atomic E-state index is 0.875. The van der Waals surface area contributed by atoms with Gasteiger partial charge in [0, 0.05) is 12.1 Å². The number of rotatable bonds is 0. The van der Waals surface area contributed by atoms with Crippen LogP contribution in [0.25, 0.3) is 0 Å². The van der Waals surface area contributed by atoms with Gasteiger partial charge in [0.15, 0.2) is 7.05 Å². The fraction of sp³-hybridized carbons (Fsp3) is 0.0714. The van der Waals surface area contributed by atoms with Gasteiger partial charge >= 0.3 is 11.7 Å². The summed E-state index contributed by atoms with van der Waals surface area (Å²) in [5.74, 6) is 1.76. The highest BCUT2D eigenvalue weighted by Gasteiger charge is 2.41. The molecule has 0 radical (unpaired) electrons. The Hall–Kier alpha value is -2.38. The molecule has 0 saturated carbocycles. The molecule has 0 unspecified atom stereocenters. The summed E-state index contributed by atoms with van der Waals surface area (Å²) in [6.45, 7) is 0. The molecule has 0 fully saturated rings. The first-order valence-corrected chi connectivity index (χ1v) is 5.54. The molecule has 2 aliphatic rings. The molecule has 0 saturated heterocycles. The van der Waals surface area contributed by atoms with Gasteiger partial charge in [-0.25, -0.2) is 0 Å². The van der Waals surface area contributed by atoms with E-state index in [1.165, 1.54) is 0 Å². The molecule has 80 valence electrons. The van der Waals surface area contributed by atoms with Crippen molar-refractivity contribution >= 4 is 23.1 Å². The van der Waals surface area contributed by atoms with Crippen LogP contribution in [0.2, 0.25) is 0 Å². The molecule has 17 heavy (non-hydrogen) atoms. The van der Waals surface area contributed by atoms with Crippen LogP contribution >= 0.6 is 0 Å². The fourth-order valence-electron chi connectivity index (χ4n) is 2.36. The lowest BCUT2D eigenvalue weighted by molar-refractivity contribution is -0.394. The molecule has 0 N–H and O–H groups in total. The average Bonchev–Trinajstić information content (AvgIpc) is 2.70. The second-order valence-electron chi connectivity index (χ2n) is 4.19. The number of hydrogen-bond acceptors (Lipinski definition) is 1. The third-order valence-corrected chi connectivity index (χ3v) is 3.14. The molecule has 0 aromatic heterocycles. The molecule has 3 heteroatoms. The van der Waals surface area contributed by atoms with Crippen LogP contribution in [0, 0.1) is 0 Å². The van der Waals surface area contributed by atoms with Crippen molar-refractivity contribution in [3.63, 3.8) is 0 Å². The zero-order valence-electron chi connectivity index (χ0n) is 9.34. The number of nitrogens with zero attached hydrogens (tertiary/aromatic N) is 2. The molecule has 0 bridgehead atoms. The van der Waals surface area contributed by atoms with Gasteiger partial charge < -0.3 is 4.74 Å². The second kappa shape index (κ2) is 2.84. The lowest BCUT2D eigenvalue weighted by atomic mass is 10.2. The predicted molar refractivity (Wildman–Crippen MR) is 65.3 cm³/mol. The Morgan fingerprint density at radius 2 is 1.71 bits per heavy atom. The highest BCUT2D eigenvalue weighted by molar-refractivity contribution is 5.83. The van der Waals surface area contributed by atoms with Gasteiger partial charge in [-0.2, -0.15) is 0 Å². The van der Waals surface area contributed by atoms with Crippen molar-refractivity contribution in [3.8, 4) is 11.5 Å². The van der Waals surface area contributed by atoms with Crippen LogP contribution in [0.1, 0.15) is 0 Å². The lowest BCUT2D eigenvalue weighted by Crippen LogP contribution is -2.07. The van der Waals surface area contributed by atoms with Crippen LogP contribution in [0.3, 0.4) is 0 Å². The van der Waals surface area contributed by atoms with Crippen LogP contribution in [-0.2, 0) is 0 Å². The number of para-hydroxylation sites is 3. The maximum absolute atomic E-state index is 5.91. The van der Waals surface area contributed by atoms with E-state index in [0.717, 1.165) is 28.6 Å². The van der Waals surface area contributed by atoms with Crippen molar-refractivity contribution in [2.24, 2.45) is 0 Å². The summed E-state index contributed by atoms with van der Waals surface area (Å²) in [6, 6.07) is 17.4. The fourth-order valence-corrected chi connectivity index (χ4v) is 2.36. The molecule has 0 atom stereocenters. The van der Waals surface area contributed by atoms with Gasteiger partial charge in [-0.1, -0.05) is 22.8 Å². The summed E-state index contributed by atoms with van der Waals surface area (Å²) in [4.78, 5) is 0. The molecule has 2 heterocycles. The van der Waals surface area contributed by atoms with Crippen molar-refractivity contribution in [3.05, 3.63) is 42.5 Å². The Morgan fingerprint density at radius 3 is 2.65 bits per heavy atom. The number of ether oxygens (including phenoxy) is 1. The second-order valence-corrected chi connectivity index (χ2v) is 4.19. The number of hydrogen-bond donors (Lipinski definition) is 0. The van der Waals surface area contributed by atoms with E-state index in [1.807, 2.05) is 48.0 Å². The zero-order valence-corrected chi connectivity index (χ0v) is 9.34. The van der Waals surface area contributed by atoms with Crippen LogP contribution in [0.15, 0.2) is 42.5 Å². The van der Waals surface area contributed by atoms with Crippen LogP contribution in [0.5, 0.6) is 11.5 Å². The first-order valence-electron chi connectivity index (χ1n) is 5.54. The first kappa shape index (κ1) is 8.74. The van der Waals surface area contributed by atoms with Gasteiger partial charge in [0.2, 0.25) is 11.5 Å². The van der Waals surface area contributed by atoms with Gasteiger partial charge in [-0.15, -0.1) is 0 Å². The molecule has 2 aliphatic heterocycles. The molecule has 0 amide bonds. The molecule has 2 aromatic carbocycles. The molecule has 0 spiro atoms. The quantitative estimate of drug-likeness (QED) is 0.533. The van der Waals surface area contributed by atoms with Crippen molar-refractivity contribution in [2.45, 2.75) is 0 Å². The Kier molecular flexibility index (Phi) is 1.46. The monoisotopic (exact) mass is 222 g/mol. The van der Waals surface area contributed by atoms with E-state index in [4.69, 9.17) is 4.74 Å². The van der Waals surface area contributed by atoms with Crippen molar-refractivity contribution in [1.82, 2.24) is 4.58 Å². The summed E-state index contributed by atoms with van der Waals surface area (Å²) >= 11 is 0. The smallest absolute Gasteiger partial charge is 0.443 e. The Morgan fingerprint density at radius 1 is 0.941 bits per heavy atom. The van der Waals surface area contributed by atoms with E-state index in [9.17, 15) is 0 Å². The van der Waals surface area contributed by atoms with Gasteiger partial charge in [-0.3, -0.25) is 0 Å².